The third kappa shape index (κ3) is 4.55. The molecule has 140 valence electrons. The highest BCUT2D eigenvalue weighted by Crippen LogP contribution is 2.28. The molecule has 0 unspecified atom stereocenters. The van der Waals surface area contributed by atoms with Crippen molar-refractivity contribution in [2.75, 3.05) is 5.32 Å². The highest BCUT2D eigenvalue weighted by Gasteiger charge is 2.29. The van der Waals surface area contributed by atoms with Gasteiger partial charge in [0.2, 0.25) is 0 Å². The largest absolute Gasteiger partial charge is 0.444 e. The van der Waals surface area contributed by atoms with Gasteiger partial charge in [0.25, 0.3) is 0 Å². The fourth-order valence-electron chi connectivity index (χ4n) is 3.29. The van der Waals surface area contributed by atoms with Gasteiger partial charge in [0.05, 0.1) is 6.04 Å². The van der Waals surface area contributed by atoms with Crippen LogP contribution in [0.3, 0.4) is 0 Å². The second kappa shape index (κ2) is 7.66. The zero-order valence-corrected chi connectivity index (χ0v) is 16.1. The second-order valence-corrected chi connectivity index (χ2v) is 8.03. The molecule has 7 heteroatoms. The van der Waals surface area contributed by atoms with Crippen molar-refractivity contribution in [1.82, 2.24) is 15.5 Å². The summed E-state index contributed by atoms with van der Waals surface area (Å²) in [7, 11) is 0. The van der Waals surface area contributed by atoms with Crippen LogP contribution in [0.5, 0.6) is 0 Å². The maximum Gasteiger partial charge on any atom is 0.407 e. The predicted octanol–water partition coefficient (Wildman–Crippen LogP) is 4.53. The Morgan fingerprint density at radius 1 is 1.12 bits per heavy atom. The van der Waals surface area contributed by atoms with Crippen molar-refractivity contribution in [2.24, 2.45) is 0 Å². The van der Waals surface area contributed by atoms with Gasteiger partial charge in [-0.05, 0) is 33.6 Å². The molecule has 1 aliphatic carbocycles. The third-order valence-electron chi connectivity index (χ3n) is 4.43. The van der Waals surface area contributed by atoms with Crippen LogP contribution in [0.2, 0.25) is 5.15 Å². The van der Waals surface area contributed by atoms with Gasteiger partial charge in [-0.25, -0.2) is 4.79 Å². The molecule has 1 aliphatic rings. The van der Waals surface area contributed by atoms with Crippen molar-refractivity contribution in [1.29, 1.82) is 0 Å². The van der Waals surface area contributed by atoms with Crippen LogP contribution in [0.25, 0.3) is 10.8 Å². The summed E-state index contributed by atoms with van der Waals surface area (Å²) in [4.78, 5) is 12.2. The van der Waals surface area contributed by atoms with Gasteiger partial charge in [-0.3, -0.25) is 0 Å². The van der Waals surface area contributed by atoms with E-state index >= 15 is 0 Å². The zero-order chi connectivity index (χ0) is 18.7. The van der Waals surface area contributed by atoms with E-state index in [0.29, 0.717) is 11.0 Å². The number of fused-ring (bicyclic) bond motifs is 1. The van der Waals surface area contributed by atoms with Gasteiger partial charge < -0.3 is 15.4 Å². The molecule has 1 fully saturated rings. The van der Waals surface area contributed by atoms with Gasteiger partial charge in [-0.1, -0.05) is 48.7 Å². The maximum absolute atomic E-state index is 12.2. The number of nitrogens with one attached hydrogen (secondary N) is 2. The Balaban J connectivity index is 1.77. The van der Waals surface area contributed by atoms with Crippen LogP contribution in [0.1, 0.15) is 46.5 Å². The van der Waals surface area contributed by atoms with Gasteiger partial charge in [0.15, 0.2) is 11.0 Å². The molecule has 2 atom stereocenters. The van der Waals surface area contributed by atoms with Crippen LogP contribution in [-0.2, 0) is 4.74 Å². The van der Waals surface area contributed by atoms with E-state index in [0.717, 1.165) is 36.5 Å². The molecule has 0 spiro atoms. The Bertz CT molecular complexity index is 791. The van der Waals surface area contributed by atoms with Crippen molar-refractivity contribution in [3.05, 3.63) is 29.4 Å². The number of rotatable bonds is 3. The van der Waals surface area contributed by atoms with Gasteiger partial charge in [-0.15, -0.1) is 10.2 Å². The average Bonchev–Trinajstić information content (AvgIpc) is 2.57. The Hall–Kier alpha value is -2.08. The summed E-state index contributed by atoms with van der Waals surface area (Å²) < 4.78 is 5.40. The molecule has 1 heterocycles. The number of nitrogens with zero attached hydrogens (tertiary/aromatic N) is 2. The summed E-state index contributed by atoms with van der Waals surface area (Å²) in [6, 6.07) is 7.81. The first-order chi connectivity index (χ1) is 12.3. The highest BCUT2D eigenvalue weighted by atomic mass is 35.5. The first kappa shape index (κ1) is 18.7. The first-order valence-electron chi connectivity index (χ1n) is 9.00. The third-order valence-corrected chi connectivity index (χ3v) is 4.71. The summed E-state index contributed by atoms with van der Waals surface area (Å²) in [5, 5.41) is 16.9. The van der Waals surface area contributed by atoms with Crippen LogP contribution in [-0.4, -0.2) is 34.0 Å². The summed E-state index contributed by atoms with van der Waals surface area (Å²) in [5.74, 6) is 0.688. The SMILES string of the molecule is CC(C)(C)OC(=O)N[C@@H]1CCCC[C@H]1Nc1nnc(Cl)c2ccccc12. The minimum absolute atomic E-state index is 0.0187. The summed E-state index contributed by atoms with van der Waals surface area (Å²) in [6.45, 7) is 5.58. The summed E-state index contributed by atoms with van der Waals surface area (Å²) in [5.41, 5.74) is -0.514. The Kier molecular flexibility index (Phi) is 5.51. The molecule has 1 saturated carbocycles. The molecule has 0 aliphatic heterocycles. The van der Waals surface area contributed by atoms with E-state index in [9.17, 15) is 4.79 Å². The topological polar surface area (TPSA) is 76.1 Å². The number of carbonyl (C=O) groups excluding carboxylic acids is 1. The highest BCUT2D eigenvalue weighted by molar-refractivity contribution is 6.34. The molecule has 0 bridgehead atoms. The molecule has 6 nitrogen and oxygen atoms in total. The van der Waals surface area contributed by atoms with Gasteiger partial charge in [0, 0.05) is 16.8 Å². The molecule has 2 aromatic rings. The van der Waals surface area contributed by atoms with Crippen molar-refractivity contribution in [3.63, 3.8) is 0 Å². The number of hydrogen-bond acceptors (Lipinski definition) is 5. The smallest absolute Gasteiger partial charge is 0.407 e. The minimum atomic E-state index is -0.514. The molecule has 2 N–H and O–H groups in total. The normalized spacial score (nSPS) is 20.6. The van der Waals surface area contributed by atoms with Gasteiger partial charge in [0.1, 0.15) is 5.60 Å². The van der Waals surface area contributed by atoms with Crippen LogP contribution in [0, 0.1) is 0 Å². The Morgan fingerprint density at radius 2 is 1.77 bits per heavy atom. The maximum atomic E-state index is 12.2. The number of amides is 1. The number of aromatic nitrogens is 2. The fourth-order valence-corrected chi connectivity index (χ4v) is 3.49. The lowest BCUT2D eigenvalue weighted by Crippen LogP contribution is -2.49. The zero-order valence-electron chi connectivity index (χ0n) is 15.4. The van der Waals surface area contributed by atoms with E-state index in [4.69, 9.17) is 16.3 Å². The molecule has 1 aromatic heterocycles. The average molecular weight is 377 g/mol. The van der Waals surface area contributed by atoms with Crippen molar-refractivity contribution < 1.29 is 9.53 Å². The van der Waals surface area contributed by atoms with E-state index in [1.165, 1.54) is 0 Å². The first-order valence-corrected chi connectivity index (χ1v) is 9.38. The van der Waals surface area contributed by atoms with Gasteiger partial charge >= 0.3 is 6.09 Å². The van der Waals surface area contributed by atoms with E-state index in [-0.39, 0.29) is 18.2 Å². The lowest BCUT2D eigenvalue weighted by Gasteiger charge is -2.33. The lowest BCUT2D eigenvalue weighted by atomic mass is 9.90. The quantitative estimate of drug-likeness (QED) is 0.822. The number of ether oxygens (including phenoxy) is 1. The Morgan fingerprint density at radius 3 is 2.46 bits per heavy atom. The van der Waals surface area contributed by atoms with Crippen molar-refractivity contribution >= 4 is 34.3 Å². The molecule has 1 amide bonds. The van der Waals surface area contributed by atoms with Crippen molar-refractivity contribution in [3.8, 4) is 0 Å². The van der Waals surface area contributed by atoms with Crippen LogP contribution >= 0.6 is 11.6 Å². The molecule has 1 aromatic carbocycles. The van der Waals surface area contributed by atoms with Crippen LogP contribution in [0.4, 0.5) is 10.6 Å². The molecular weight excluding hydrogens is 352 g/mol. The fraction of sp³-hybridized carbons (Fsp3) is 0.526. The van der Waals surface area contributed by atoms with E-state index in [1.807, 2.05) is 45.0 Å². The van der Waals surface area contributed by atoms with E-state index < -0.39 is 5.60 Å². The summed E-state index contributed by atoms with van der Waals surface area (Å²) in [6.07, 6.45) is 3.63. The molecule has 26 heavy (non-hydrogen) atoms. The van der Waals surface area contributed by atoms with E-state index in [2.05, 4.69) is 20.8 Å². The van der Waals surface area contributed by atoms with Gasteiger partial charge in [-0.2, -0.15) is 0 Å². The van der Waals surface area contributed by atoms with E-state index in [1.54, 1.807) is 0 Å². The monoisotopic (exact) mass is 376 g/mol. The number of carbonyl (C=O) groups is 1. The molecular formula is C19H25ClN4O2. The van der Waals surface area contributed by atoms with Crippen LogP contribution < -0.4 is 10.6 Å². The second-order valence-electron chi connectivity index (χ2n) is 7.67. The Labute approximate surface area is 158 Å². The minimum Gasteiger partial charge on any atom is -0.444 e. The number of anilines is 1. The molecule has 3 rings (SSSR count). The number of alkyl carbamates (subject to hydrolysis) is 1. The van der Waals surface area contributed by atoms with Crippen molar-refractivity contribution in [2.45, 2.75) is 64.1 Å². The molecule has 0 radical (unpaired) electrons. The summed E-state index contributed by atoms with van der Waals surface area (Å²) >= 11 is 6.16. The number of hydrogen-bond donors (Lipinski definition) is 2. The molecule has 0 saturated heterocycles. The lowest BCUT2D eigenvalue weighted by molar-refractivity contribution is 0.0488. The predicted molar refractivity (Wildman–Crippen MR) is 104 cm³/mol. The van der Waals surface area contributed by atoms with Crippen LogP contribution in [0.15, 0.2) is 24.3 Å². The number of halogens is 1. The standard InChI is InChI=1S/C19H25ClN4O2/c1-19(2,3)26-18(25)22-15-11-7-6-10-14(15)21-17-13-9-5-4-8-12(13)16(20)23-24-17/h4-5,8-9,14-15H,6-7,10-11H2,1-3H3,(H,21,24)(H,22,25)/t14-,15-/m1/s1. The number of benzene rings is 1.